The van der Waals surface area contributed by atoms with Crippen molar-refractivity contribution in [2.45, 2.75) is 64.1 Å². The number of amides is 2. The standard InChI is InChI=1S/C28H31ClN4O4/c1-28(2,3)37-27(36)32-16-18(30-23(34)14-17-12-13-17)15-22(32)25-31-21-11-7-10-20(29)24(21)26(35)33(25)19-8-5-4-6-9-19/h4-11,17-18,22H,12-16H2,1-3H3,(H,30,34). The van der Waals surface area contributed by atoms with Crippen LogP contribution in [0.15, 0.2) is 53.3 Å². The third-order valence-electron chi connectivity index (χ3n) is 6.65. The monoisotopic (exact) mass is 522 g/mol. The number of halogens is 1. The second-order valence-corrected chi connectivity index (χ2v) is 11.3. The van der Waals surface area contributed by atoms with Gasteiger partial charge in [0.25, 0.3) is 5.56 Å². The molecule has 1 aliphatic carbocycles. The molecule has 2 unspecified atom stereocenters. The predicted octanol–water partition coefficient (Wildman–Crippen LogP) is 5.01. The summed E-state index contributed by atoms with van der Waals surface area (Å²) in [5, 5.41) is 3.72. The van der Waals surface area contributed by atoms with Crippen LogP contribution in [-0.4, -0.2) is 44.6 Å². The maximum atomic E-state index is 13.9. The summed E-state index contributed by atoms with van der Waals surface area (Å²) in [4.78, 5) is 46.3. The molecule has 0 bridgehead atoms. The van der Waals surface area contributed by atoms with E-state index in [-0.39, 0.29) is 24.1 Å². The van der Waals surface area contributed by atoms with Crippen LogP contribution in [0.25, 0.3) is 16.6 Å². The highest BCUT2D eigenvalue weighted by Crippen LogP contribution is 2.36. The highest BCUT2D eigenvalue weighted by atomic mass is 35.5. The van der Waals surface area contributed by atoms with Crippen LogP contribution in [0.5, 0.6) is 0 Å². The largest absolute Gasteiger partial charge is 0.444 e. The first-order valence-corrected chi connectivity index (χ1v) is 13.0. The third kappa shape index (κ3) is 5.49. The molecule has 1 saturated carbocycles. The number of hydrogen-bond acceptors (Lipinski definition) is 5. The van der Waals surface area contributed by atoms with Gasteiger partial charge in [-0.25, -0.2) is 9.78 Å². The number of hydrogen-bond donors (Lipinski definition) is 1. The summed E-state index contributed by atoms with van der Waals surface area (Å²) in [6.07, 6.45) is 2.54. The fourth-order valence-corrected chi connectivity index (χ4v) is 5.09. The summed E-state index contributed by atoms with van der Waals surface area (Å²) in [5.41, 5.74) is 0.0348. The van der Waals surface area contributed by atoms with E-state index in [1.807, 2.05) is 30.3 Å². The summed E-state index contributed by atoms with van der Waals surface area (Å²) in [5.74, 6) is 0.834. The average Bonchev–Trinajstić information content (AvgIpc) is 3.54. The van der Waals surface area contributed by atoms with Crippen molar-refractivity contribution in [3.8, 4) is 5.69 Å². The van der Waals surface area contributed by atoms with E-state index in [1.54, 1.807) is 43.9 Å². The van der Waals surface area contributed by atoms with Gasteiger partial charge in [0.05, 0.1) is 27.7 Å². The molecule has 0 radical (unpaired) electrons. The fourth-order valence-electron chi connectivity index (χ4n) is 4.84. The Hall–Kier alpha value is -3.39. The van der Waals surface area contributed by atoms with Gasteiger partial charge in [-0.3, -0.25) is 19.1 Å². The minimum atomic E-state index is -0.710. The molecule has 2 amide bonds. The Labute approximate surface area is 220 Å². The zero-order valence-corrected chi connectivity index (χ0v) is 22.0. The van der Waals surface area contributed by atoms with Gasteiger partial charge in [-0.05, 0) is 70.2 Å². The molecule has 2 atom stereocenters. The number of carbonyl (C=O) groups excluding carboxylic acids is 2. The van der Waals surface area contributed by atoms with Gasteiger partial charge in [-0.15, -0.1) is 0 Å². The molecule has 1 aliphatic heterocycles. The van der Waals surface area contributed by atoms with E-state index in [0.29, 0.717) is 46.2 Å². The predicted molar refractivity (Wildman–Crippen MR) is 142 cm³/mol. The first-order valence-electron chi connectivity index (χ1n) is 12.7. The lowest BCUT2D eigenvalue weighted by Crippen LogP contribution is -2.41. The molecule has 2 aromatic carbocycles. The van der Waals surface area contributed by atoms with E-state index in [1.165, 1.54) is 4.57 Å². The van der Waals surface area contributed by atoms with Gasteiger partial charge in [0.2, 0.25) is 5.91 Å². The Morgan fingerprint density at radius 1 is 1.11 bits per heavy atom. The number of ether oxygens (including phenoxy) is 1. The highest BCUT2D eigenvalue weighted by molar-refractivity contribution is 6.35. The molecule has 194 valence electrons. The molecular weight excluding hydrogens is 492 g/mol. The third-order valence-corrected chi connectivity index (χ3v) is 6.97. The van der Waals surface area contributed by atoms with Crippen LogP contribution in [0.4, 0.5) is 4.79 Å². The summed E-state index contributed by atoms with van der Waals surface area (Å²) in [6.45, 7) is 5.68. The van der Waals surface area contributed by atoms with Gasteiger partial charge in [-0.1, -0.05) is 35.9 Å². The maximum absolute atomic E-state index is 13.9. The molecule has 2 fully saturated rings. The van der Waals surface area contributed by atoms with Crippen molar-refractivity contribution in [1.82, 2.24) is 19.8 Å². The molecule has 3 aromatic rings. The Morgan fingerprint density at radius 3 is 2.51 bits per heavy atom. The molecule has 1 saturated heterocycles. The Bertz CT molecular complexity index is 1400. The van der Waals surface area contributed by atoms with Crippen molar-refractivity contribution in [2.24, 2.45) is 5.92 Å². The maximum Gasteiger partial charge on any atom is 0.410 e. The van der Waals surface area contributed by atoms with Crippen LogP contribution >= 0.6 is 11.6 Å². The number of benzene rings is 2. The minimum absolute atomic E-state index is 0.0176. The number of fused-ring (bicyclic) bond motifs is 1. The van der Waals surface area contributed by atoms with Gasteiger partial charge in [0.15, 0.2) is 0 Å². The summed E-state index contributed by atoms with van der Waals surface area (Å²) in [6, 6.07) is 13.4. The first-order chi connectivity index (χ1) is 17.6. The van der Waals surface area contributed by atoms with Gasteiger partial charge in [0.1, 0.15) is 11.4 Å². The Kier molecular flexibility index (Phi) is 6.70. The van der Waals surface area contributed by atoms with E-state index < -0.39 is 17.7 Å². The summed E-state index contributed by atoms with van der Waals surface area (Å²) >= 11 is 6.43. The molecule has 8 nitrogen and oxygen atoms in total. The molecule has 2 aliphatic rings. The van der Waals surface area contributed by atoms with Crippen molar-refractivity contribution in [3.05, 3.63) is 69.7 Å². The van der Waals surface area contributed by atoms with Crippen molar-refractivity contribution in [1.29, 1.82) is 0 Å². The van der Waals surface area contributed by atoms with E-state index in [4.69, 9.17) is 21.3 Å². The lowest BCUT2D eigenvalue weighted by molar-refractivity contribution is -0.122. The van der Waals surface area contributed by atoms with Crippen LogP contribution in [-0.2, 0) is 9.53 Å². The second-order valence-electron chi connectivity index (χ2n) is 10.9. The first kappa shape index (κ1) is 25.3. The smallest absolute Gasteiger partial charge is 0.410 e. The molecule has 1 N–H and O–H groups in total. The van der Waals surface area contributed by atoms with Crippen LogP contribution in [0.3, 0.4) is 0 Å². The number of carbonyl (C=O) groups is 2. The number of likely N-dealkylation sites (tertiary alicyclic amines) is 1. The minimum Gasteiger partial charge on any atom is -0.444 e. The molecule has 5 rings (SSSR count). The Balaban J connectivity index is 1.61. The van der Waals surface area contributed by atoms with E-state index in [9.17, 15) is 14.4 Å². The van der Waals surface area contributed by atoms with Gasteiger partial charge in [0, 0.05) is 19.0 Å². The molecule has 0 spiro atoms. The van der Waals surface area contributed by atoms with E-state index in [2.05, 4.69) is 5.32 Å². The SMILES string of the molecule is CC(C)(C)OC(=O)N1CC(NC(=O)CC2CC2)CC1c1nc2cccc(Cl)c2c(=O)n1-c1ccccc1. The average molecular weight is 523 g/mol. The quantitative estimate of drug-likeness (QED) is 0.508. The number of nitrogens with one attached hydrogen (secondary N) is 1. The summed E-state index contributed by atoms with van der Waals surface area (Å²) < 4.78 is 7.24. The van der Waals surface area contributed by atoms with Crippen molar-refractivity contribution in [3.63, 3.8) is 0 Å². The zero-order valence-electron chi connectivity index (χ0n) is 21.2. The zero-order chi connectivity index (χ0) is 26.3. The molecule has 9 heteroatoms. The lowest BCUT2D eigenvalue weighted by atomic mass is 10.1. The van der Waals surface area contributed by atoms with Crippen LogP contribution < -0.4 is 10.9 Å². The van der Waals surface area contributed by atoms with Crippen molar-refractivity contribution in [2.75, 3.05) is 6.54 Å². The number of nitrogens with zero attached hydrogens (tertiary/aromatic N) is 3. The fraction of sp³-hybridized carbons (Fsp3) is 0.429. The lowest BCUT2D eigenvalue weighted by Gasteiger charge is -2.29. The van der Waals surface area contributed by atoms with Crippen molar-refractivity contribution < 1.29 is 14.3 Å². The number of aromatic nitrogens is 2. The Morgan fingerprint density at radius 2 is 1.84 bits per heavy atom. The van der Waals surface area contributed by atoms with Gasteiger partial charge >= 0.3 is 6.09 Å². The molecular formula is C28H31ClN4O4. The molecule has 37 heavy (non-hydrogen) atoms. The van der Waals surface area contributed by atoms with Gasteiger partial charge < -0.3 is 10.1 Å². The topological polar surface area (TPSA) is 93.5 Å². The number of rotatable bonds is 5. The molecule has 1 aromatic heterocycles. The summed E-state index contributed by atoms with van der Waals surface area (Å²) in [7, 11) is 0. The highest BCUT2D eigenvalue weighted by Gasteiger charge is 2.42. The molecule has 2 heterocycles. The van der Waals surface area contributed by atoms with Crippen molar-refractivity contribution >= 4 is 34.5 Å². The number of para-hydroxylation sites is 1. The normalized spacial score (nSPS) is 19.7. The van der Waals surface area contributed by atoms with Crippen LogP contribution in [0.2, 0.25) is 5.02 Å². The van der Waals surface area contributed by atoms with E-state index in [0.717, 1.165) is 12.8 Å². The van der Waals surface area contributed by atoms with Crippen LogP contribution in [0, 0.1) is 5.92 Å². The second kappa shape index (κ2) is 9.82. The van der Waals surface area contributed by atoms with Crippen LogP contribution in [0.1, 0.15) is 58.3 Å². The van der Waals surface area contributed by atoms with Gasteiger partial charge in [-0.2, -0.15) is 0 Å². The van der Waals surface area contributed by atoms with E-state index >= 15 is 0 Å².